The summed E-state index contributed by atoms with van der Waals surface area (Å²) in [6, 6.07) is 6.33. The molecule has 17 heavy (non-hydrogen) atoms. The first-order valence-corrected chi connectivity index (χ1v) is 5.18. The number of halogens is 1. The minimum Gasteiger partial charge on any atom is -0.508 e. The zero-order valence-corrected chi connectivity index (χ0v) is 10.00. The number of phenolic OH excluding ortho intramolecular Hbond substituents is 1. The van der Waals surface area contributed by atoms with E-state index in [9.17, 15) is 4.79 Å². The summed E-state index contributed by atoms with van der Waals surface area (Å²) in [5.41, 5.74) is 0.650. The molecule has 5 nitrogen and oxygen atoms in total. The van der Waals surface area contributed by atoms with Crippen molar-refractivity contribution >= 4 is 24.0 Å². The van der Waals surface area contributed by atoms with Gasteiger partial charge >= 0.3 is 0 Å². The Hall–Kier alpha value is -1.30. The van der Waals surface area contributed by atoms with Crippen molar-refractivity contribution in [2.45, 2.75) is 6.10 Å². The van der Waals surface area contributed by atoms with Gasteiger partial charge in [-0.2, -0.15) is 0 Å². The van der Waals surface area contributed by atoms with Gasteiger partial charge in [0.25, 0.3) is 5.91 Å². The highest BCUT2D eigenvalue weighted by Crippen LogP contribution is 2.14. The second-order valence-corrected chi connectivity index (χ2v) is 3.60. The van der Waals surface area contributed by atoms with Crippen LogP contribution in [0.1, 0.15) is 0 Å². The fourth-order valence-electron chi connectivity index (χ4n) is 1.50. The lowest BCUT2D eigenvalue weighted by Gasteiger charge is -2.22. The van der Waals surface area contributed by atoms with Gasteiger partial charge < -0.3 is 20.5 Å². The minimum atomic E-state index is -0.442. The van der Waals surface area contributed by atoms with Gasteiger partial charge in [0.15, 0.2) is 0 Å². The first kappa shape index (κ1) is 13.8. The number of phenols is 1. The largest absolute Gasteiger partial charge is 0.508 e. The van der Waals surface area contributed by atoms with Crippen LogP contribution >= 0.6 is 12.4 Å². The summed E-state index contributed by atoms with van der Waals surface area (Å²) < 4.78 is 5.31. The summed E-state index contributed by atoms with van der Waals surface area (Å²) in [5.74, 6) is 0.00599. The van der Waals surface area contributed by atoms with E-state index in [1.165, 1.54) is 12.1 Å². The highest BCUT2D eigenvalue weighted by Gasteiger charge is 2.21. The van der Waals surface area contributed by atoms with Gasteiger partial charge in [0.1, 0.15) is 11.9 Å². The number of anilines is 1. The van der Waals surface area contributed by atoms with Gasteiger partial charge in [-0.1, -0.05) is 0 Å². The highest BCUT2D eigenvalue weighted by atomic mass is 35.5. The molecule has 0 aliphatic carbocycles. The van der Waals surface area contributed by atoms with Gasteiger partial charge in [-0.15, -0.1) is 12.4 Å². The van der Waals surface area contributed by atoms with Gasteiger partial charge in [0, 0.05) is 18.8 Å². The lowest BCUT2D eigenvalue weighted by atomic mass is 10.2. The molecule has 1 aliphatic rings. The van der Waals surface area contributed by atoms with Crippen LogP contribution in [0.3, 0.4) is 0 Å². The van der Waals surface area contributed by atoms with E-state index in [1.807, 2.05) is 0 Å². The Balaban J connectivity index is 0.00000144. The van der Waals surface area contributed by atoms with Crippen molar-refractivity contribution in [2.24, 2.45) is 0 Å². The van der Waals surface area contributed by atoms with Crippen LogP contribution in [0.25, 0.3) is 0 Å². The molecule has 0 bridgehead atoms. The lowest BCUT2D eigenvalue weighted by Crippen LogP contribution is -2.45. The topological polar surface area (TPSA) is 70.6 Å². The maximum Gasteiger partial charge on any atom is 0.254 e. The van der Waals surface area contributed by atoms with E-state index >= 15 is 0 Å². The Morgan fingerprint density at radius 3 is 2.71 bits per heavy atom. The van der Waals surface area contributed by atoms with E-state index in [-0.39, 0.29) is 24.1 Å². The third-order valence-corrected chi connectivity index (χ3v) is 2.35. The molecule has 0 spiro atoms. The maximum atomic E-state index is 11.7. The number of nitrogens with one attached hydrogen (secondary N) is 2. The number of hydrogen-bond acceptors (Lipinski definition) is 4. The Labute approximate surface area is 106 Å². The van der Waals surface area contributed by atoms with Crippen LogP contribution in [0.5, 0.6) is 5.75 Å². The number of carbonyl (C=O) groups excluding carboxylic acids is 1. The first-order valence-electron chi connectivity index (χ1n) is 5.18. The lowest BCUT2D eigenvalue weighted by molar-refractivity contribution is -0.128. The molecule has 1 saturated heterocycles. The van der Waals surface area contributed by atoms with E-state index in [0.717, 1.165) is 6.54 Å². The van der Waals surface area contributed by atoms with Crippen LogP contribution in [0.15, 0.2) is 24.3 Å². The second-order valence-electron chi connectivity index (χ2n) is 3.60. The fourth-order valence-corrected chi connectivity index (χ4v) is 1.50. The molecule has 0 aromatic heterocycles. The van der Waals surface area contributed by atoms with E-state index < -0.39 is 6.10 Å². The van der Waals surface area contributed by atoms with Crippen molar-refractivity contribution in [3.05, 3.63) is 24.3 Å². The molecule has 0 saturated carbocycles. The van der Waals surface area contributed by atoms with Gasteiger partial charge in [-0.25, -0.2) is 0 Å². The average Bonchev–Trinajstić information content (AvgIpc) is 2.33. The second kappa shape index (κ2) is 6.44. The summed E-state index contributed by atoms with van der Waals surface area (Å²) in [6.07, 6.45) is -0.442. The number of hydrogen-bond donors (Lipinski definition) is 3. The van der Waals surface area contributed by atoms with E-state index in [1.54, 1.807) is 12.1 Å². The van der Waals surface area contributed by atoms with Crippen LogP contribution in [0, 0.1) is 0 Å². The zero-order valence-electron chi connectivity index (χ0n) is 9.18. The normalized spacial score (nSPS) is 19.2. The number of ether oxygens (including phenoxy) is 1. The molecule has 0 radical (unpaired) electrons. The summed E-state index contributed by atoms with van der Waals surface area (Å²) in [4.78, 5) is 11.7. The molecule has 3 N–H and O–H groups in total. The van der Waals surface area contributed by atoms with Crippen LogP contribution in [-0.4, -0.2) is 36.8 Å². The van der Waals surface area contributed by atoms with Gasteiger partial charge in [0.2, 0.25) is 0 Å². The predicted molar refractivity (Wildman–Crippen MR) is 66.6 cm³/mol. The molecule has 1 atom stereocenters. The monoisotopic (exact) mass is 258 g/mol. The summed E-state index contributed by atoms with van der Waals surface area (Å²) in [5, 5.41) is 14.9. The molecule has 1 amide bonds. The molecular formula is C11H15ClN2O3. The maximum absolute atomic E-state index is 11.7. The highest BCUT2D eigenvalue weighted by molar-refractivity contribution is 5.94. The average molecular weight is 259 g/mol. The molecule has 94 valence electrons. The number of morpholine rings is 1. The molecule has 2 rings (SSSR count). The molecule has 1 unspecified atom stereocenters. The van der Waals surface area contributed by atoms with Crippen molar-refractivity contribution < 1.29 is 14.6 Å². The van der Waals surface area contributed by atoms with Crippen LogP contribution in [0.4, 0.5) is 5.69 Å². The molecule has 1 fully saturated rings. The molecule has 1 aromatic rings. The van der Waals surface area contributed by atoms with Crippen LogP contribution in [-0.2, 0) is 9.53 Å². The van der Waals surface area contributed by atoms with Crippen molar-refractivity contribution in [1.29, 1.82) is 0 Å². The molecule has 1 heterocycles. The van der Waals surface area contributed by atoms with Crippen molar-refractivity contribution in [2.75, 3.05) is 25.0 Å². The minimum absolute atomic E-state index is 0. The molecule has 1 aliphatic heterocycles. The Morgan fingerprint density at radius 1 is 1.41 bits per heavy atom. The van der Waals surface area contributed by atoms with Gasteiger partial charge in [-0.3, -0.25) is 4.79 Å². The number of amides is 1. The fraction of sp³-hybridized carbons (Fsp3) is 0.364. The summed E-state index contributed by atoms with van der Waals surface area (Å²) in [7, 11) is 0. The number of carbonyl (C=O) groups is 1. The summed E-state index contributed by atoms with van der Waals surface area (Å²) >= 11 is 0. The standard InChI is InChI=1S/C11H14N2O3.ClH/c14-9-3-1-8(2-4-9)13-11(15)10-7-12-5-6-16-10;/h1-4,10,12,14H,5-7H2,(H,13,15);1H. The van der Waals surface area contributed by atoms with Crippen LogP contribution < -0.4 is 10.6 Å². The van der Waals surface area contributed by atoms with Gasteiger partial charge in [0.05, 0.1) is 6.61 Å². The number of aromatic hydroxyl groups is 1. The third kappa shape index (κ3) is 3.89. The molecular weight excluding hydrogens is 244 g/mol. The zero-order chi connectivity index (χ0) is 11.4. The number of benzene rings is 1. The van der Waals surface area contributed by atoms with Crippen molar-refractivity contribution in [1.82, 2.24) is 5.32 Å². The molecule has 1 aromatic carbocycles. The Kier molecular flexibility index (Phi) is 5.21. The predicted octanol–water partition coefficient (Wildman–Crippen LogP) is 0.741. The molecule has 6 heteroatoms. The number of rotatable bonds is 2. The first-order chi connectivity index (χ1) is 7.75. The smallest absolute Gasteiger partial charge is 0.254 e. The quantitative estimate of drug-likeness (QED) is 0.685. The van der Waals surface area contributed by atoms with E-state index in [0.29, 0.717) is 18.8 Å². The Bertz CT molecular complexity index is 363. The SMILES string of the molecule is Cl.O=C(Nc1ccc(O)cc1)C1CNCCO1. The van der Waals surface area contributed by atoms with Crippen LogP contribution in [0.2, 0.25) is 0 Å². The van der Waals surface area contributed by atoms with E-state index in [2.05, 4.69) is 10.6 Å². The van der Waals surface area contributed by atoms with Crippen molar-refractivity contribution in [3.63, 3.8) is 0 Å². The van der Waals surface area contributed by atoms with Crippen molar-refractivity contribution in [3.8, 4) is 5.75 Å². The van der Waals surface area contributed by atoms with Gasteiger partial charge in [-0.05, 0) is 24.3 Å². The summed E-state index contributed by atoms with van der Waals surface area (Å²) in [6.45, 7) is 1.86. The Morgan fingerprint density at radius 2 is 2.12 bits per heavy atom. The third-order valence-electron chi connectivity index (χ3n) is 2.35. The van der Waals surface area contributed by atoms with E-state index in [4.69, 9.17) is 9.84 Å².